The highest BCUT2D eigenvalue weighted by Crippen LogP contribution is 2.32. The minimum atomic E-state index is -0.306. The van der Waals surface area contributed by atoms with Crippen LogP contribution in [0.3, 0.4) is 0 Å². The van der Waals surface area contributed by atoms with Crippen LogP contribution in [-0.2, 0) is 16.1 Å². The molecule has 4 heteroatoms. The first-order valence-corrected chi connectivity index (χ1v) is 10.00. The summed E-state index contributed by atoms with van der Waals surface area (Å²) in [5.41, 5.74) is 6.51. The number of aryl methyl sites for hydroxylation is 3. The van der Waals surface area contributed by atoms with Crippen LogP contribution in [0.1, 0.15) is 27.8 Å². The lowest BCUT2D eigenvalue weighted by molar-refractivity contribution is -0.137. The lowest BCUT2D eigenvalue weighted by Crippen LogP contribution is -2.32. The third kappa shape index (κ3) is 3.77. The van der Waals surface area contributed by atoms with Gasteiger partial charge in [0.25, 0.3) is 11.8 Å². The Hall–Kier alpha value is -3.66. The molecule has 0 atom stereocenters. The fraction of sp³-hybridized carbons (Fsp3) is 0.154. The van der Waals surface area contributed by atoms with Crippen molar-refractivity contribution in [2.24, 2.45) is 0 Å². The zero-order chi connectivity index (χ0) is 21.3. The van der Waals surface area contributed by atoms with Gasteiger partial charge in [0.15, 0.2) is 0 Å². The summed E-state index contributed by atoms with van der Waals surface area (Å²) >= 11 is 0. The number of hydrogen-bond acceptors (Lipinski definition) is 3. The molecule has 4 rings (SSSR count). The molecule has 0 aromatic heterocycles. The van der Waals surface area contributed by atoms with Gasteiger partial charge in [-0.05, 0) is 43.5 Å². The molecule has 0 spiro atoms. The Labute approximate surface area is 176 Å². The van der Waals surface area contributed by atoms with Gasteiger partial charge in [0.2, 0.25) is 0 Å². The largest absolute Gasteiger partial charge is 0.350 e. The van der Waals surface area contributed by atoms with Gasteiger partial charge in [-0.3, -0.25) is 14.5 Å². The number of nitrogens with zero attached hydrogens (tertiary/aromatic N) is 1. The minimum Gasteiger partial charge on any atom is -0.350 e. The van der Waals surface area contributed by atoms with Crippen LogP contribution in [0.5, 0.6) is 0 Å². The maximum atomic E-state index is 13.3. The van der Waals surface area contributed by atoms with Crippen molar-refractivity contribution in [3.63, 3.8) is 0 Å². The number of carbonyl (C=O) groups is 2. The van der Waals surface area contributed by atoms with Crippen molar-refractivity contribution in [1.82, 2.24) is 4.90 Å². The van der Waals surface area contributed by atoms with Gasteiger partial charge < -0.3 is 5.32 Å². The fourth-order valence-electron chi connectivity index (χ4n) is 3.67. The Morgan fingerprint density at radius 3 is 2.10 bits per heavy atom. The molecule has 4 nitrogen and oxygen atoms in total. The summed E-state index contributed by atoms with van der Waals surface area (Å²) < 4.78 is 0. The maximum Gasteiger partial charge on any atom is 0.278 e. The quantitative estimate of drug-likeness (QED) is 0.617. The molecule has 1 aliphatic rings. The Bertz CT molecular complexity index is 1150. The molecular weight excluding hydrogens is 372 g/mol. The van der Waals surface area contributed by atoms with Crippen molar-refractivity contribution in [3.05, 3.63) is 106 Å². The fourth-order valence-corrected chi connectivity index (χ4v) is 3.67. The van der Waals surface area contributed by atoms with Gasteiger partial charge in [0.05, 0.1) is 12.1 Å². The second kappa shape index (κ2) is 7.99. The molecule has 0 unspecified atom stereocenters. The van der Waals surface area contributed by atoms with Crippen molar-refractivity contribution < 1.29 is 9.59 Å². The van der Waals surface area contributed by atoms with Crippen LogP contribution in [0.25, 0.3) is 5.57 Å². The van der Waals surface area contributed by atoms with Crippen molar-refractivity contribution in [3.8, 4) is 0 Å². The van der Waals surface area contributed by atoms with Crippen LogP contribution in [-0.4, -0.2) is 16.7 Å². The highest BCUT2D eigenvalue weighted by Gasteiger charge is 2.39. The SMILES string of the molecule is Cc1ccc(CN2C(=O)C(Nc3ccc(C)cc3C)=C(c3ccccc3)C2=O)cc1. The topological polar surface area (TPSA) is 49.4 Å². The molecule has 0 radical (unpaired) electrons. The van der Waals surface area contributed by atoms with E-state index in [1.54, 1.807) is 0 Å². The molecule has 1 aliphatic heterocycles. The van der Waals surface area contributed by atoms with E-state index in [-0.39, 0.29) is 18.4 Å². The second-order valence-electron chi connectivity index (χ2n) is 7.74. The monoisotopic (exact) mass is 396 g/mol. The van der Waals surface area contributed by atoms with Crippen LogP contribution in [0.4, 0.5) is 5.69 Å². The number of imide groups is 1. The predicted molar refractivity (Wildman–Crippen MR) is 120 cm³/mol. The summed E-state index contributed by atoms with van der Waals surface area (Å²) in [5.74, 6) is -0.585. The van der Waals surface area contributed by atoms with Gasteiger partial charge in [-0.25, -0.2) is 0 Å². The lowest BCUT2D eigenvalue weighted by Gasteiger charge is -2.16. The van der Waals surface area contributed by atoms with E-state index in [1.807, 2.05) is 87.5 Å². The molecular formula is C26H24N2O2. The normalized spacial score (nSPS) is 13.9. The summed E-state index contributed by atoms with van der Waals surface area (Å²) in [6, 6.07) is 23.2. The summed E-state index contributed by atoms with van der Waals surface area (Å²) in [6.07, 6.45) is 0. The van der Waals surface area contributed by atoms with Gasteiger partial charge in [-0.15, -0.1) is 0 Å². The Kier molecular flexibility index (Phi) is 5.23. The average Bonchev–Trinajstić information content (AvgIpc) is 2.96. The summed E-state index contributed by atoms with van der Waals surface area (Å²) in [7, 11) is 0. The molecule has 1 heterocycles. The molecule has 0 fully saturated rings. The van der Waals surface area contributed by atoms with Crippen molar-refractivity contribution in [2.45, 2.75) is 27.3 Å². The van der Waals surface area contributed by atoms with Crippen molar-refractivity contribution >= 4 is 23.1 Å². The van der Waals surface area contributed by atoms with Crippen LogP contribution in [0, 0.1) is 20.8 Å². The molecule has 0 saturated heterocycles. The number of nitrogens with one attached hydrogen (secondary N) is 1. The molecule has 0 aliphatic carbocycles. The molecule has 150 valence electrons. The van der Waals surface area contributed by atoms with E-state index < -0.39 is 0 Å². The number of hydrogen-bond donors (Lipinski definition) is 1. The van der Waals surface area contributed by atoms with Gasteiger partial charge in [0, 0.05) is 5.69 Å². The van der Waals surface area contributed by atoms with E-state index in [2.05, 4.69) is 11.4 Å². The lowest BCUT2D eigenvalue weighted by atomic mass is 10.0. The second-order valence-corrected chi connectivity index (χ2v) is 7.74. The molecule has 0 bridgehead atoms. The molecule has 2 amide bonds. The van der Waals surface area contributed by atoms with E-state index in [4.69, 9.17) is 0 Å². The van der Waals surface area contributed by atoms with Gasteiger partial charge in [-0.2, -0.15) is 0 Å². The summed E-state index contributed by atoms with van der Waals surface area (Å²) in [6.45, 7) is 6.27. The maximum absolute atomic E-state index is 13.3. The number of carbonyl (C=O) groups excluding carboxylic acids is 2. The predicted octanol–water partition coefficient (Wildman–Crippen LogP) is 5.00. The average molecular weight is 396 g/mol. The zero-order valence-corrected chi connectivity index (χ0v) is 17.4. The number of rotatable bonds is 5. The highest BCUT2D eigenvalue weighted by atomic mass is 16.2. The molecule has 0 saturated carbocycles. The first-order chi connectivity index (χ1) is 14.4. The zero-order valence-electron chi connectivity index (χ0n) is 17.4. The Balaban J connectivity index is 1.74. The summed E-state index contributed by atoms with van der Waals surface area (Å²) in [4.78, 5) is 28.0. The standard InChI is InChI=1S/C26H24N2O2/c1-17-9-12-20(13-10-17)16-28-25(29)23(21-7-5-4-6-8-21)24(26(28)30)27-22-14-11-18(2)15-19(22)3/h4-15,27H,16H2,1-3H3. The van der Waals surface area contributed by atoms with E-state index in [1.165, 1.54) is 4.90 Å². The van der Waals surface area contributed by atoms with Crippen LogP contribution in [0.2, 0.25) is 0 Å². The molecule has 3 aromatic rings. The van der Waals surface area contributed by atoms with Crippen molar-refractivity contribution in [2.75, 3.05) is 5.32 Å². The Morgan fingerprint density at radius 1 is 0.767 bits per heavy atom. The van der Waals surface area contributed by atoms with E-state index >= 15 is 0 Å². The first kappa shape index (κ1) is 19.6. The van der Waals surface area contributed by atoms with Crippen LogP contribution in [0.15, 0.2) is 78.5 Å². The van der Waals surface area contributed by atoms with E-state index in [0.717, 1.165) is 33.5 Å². The van der Waals surface area contributed by atoms with Crippen LogP contribution < -0.4 is 5.32 Å². The van der Waals surface area contributed by atoms with Crippen LogP contribution >= 0.6 is 0 Å². The first-order valence-electron chi connectivity index (χ1n) is 10.00. The molecule has 30 heavy (non-hydrogen) atoms. The highest BCUT2D eigenvalue weighted by molar-refractivity contribution is 6.36. The van der Waals surface area contributed by atoms with Gasteiger partial charge in [-0.1, -0.05) is 77.9 Å². The van der Waals surface area contributed by atoms with E-state index in [0.29, 0.717) is 11.3 Å². The third-order valence-electron chi connectivity index (χ3n) is 5.33. The third-order valence-corrected chi connectivity index (χ3v) is 5.33. The smallest absolute Gasteiger partial charge is 0.278 e. The van der Waals surface area contributed by atoms with E-state index in [9.17, 15) is 9.59 Å². The number of anilines is 1. The molecule has 3 aromatic carbocycles. The summed E-state index contributed by atoms with van der Waals surface area (Å²) in [5, 5.41) is 3.26. The van der Waals surface area contributed by atoms with Gasteiger partial charge in [0.1, 0.15) is 5.70 Å². The molecule has 1 N–H and O–H groups in total. The Morgan fingerprint density at radius 2 is 1.43 bits per heavy atom. The minimum absolute atomic E-state index is 0.242. The van der Waals surface area contributed by atoms with Gasteiger partial charge >= 0.3 is 0 Å². The number of amides is 2. The number of benzene rings is 3. The van der Waals surface area contributed by atoms with Crippen molar-refractivity contribution in [1.29, 1.82) is 0 Å².